The molecule has 0 saturated carbocycles. The van der Waals surface area contributed by atoms with Gasteiger partial charge >= 0.3 is 0 Å². The second-order valence-corrected chi connectivity index (χ2v) is 8.13. The van der Waals surface area contributed by atoms with Crippen LogP contribution in [0.2, 0.25) is 10.0 Å². The number of nitrogens with one attached hydrogen (secondary N) is 3. The molecule has 0 aliphatic carbocycles. The zero-order valence-corrected chi connectivity index (χ0v) is 16.9. The molecule has 0 aliphatic heterocycles. The number of rotatable bonds is 7. The van der Waals surface area contributed by atoms with E-state index >= 15 is 0 Å². The van der Waals surface area contributed by atoms with Gasteiger partial charge in [-0.05, 0) is 54.7 Å². The Morgan fingerprint density at radius 1 is 1.08 bits per heavy atom. The highest BCUT2D eigenvalue weighted by Crippen LogP contribution is 2.25. The molecule has 0 spiro atoms. The van der Waals surface area contributed by atoms with Crippen LogP contribution in [0.15, 0.2) is 47.4 Å². The Balaban J connectivity index is 2.05. The van der Waals surface area contributed by atoms with E-state index in [9.17, 15) is 8.42 Å². The van der Waals surface area contributed by atoms with E-state index in [2.05, 4.69) is 15.4 Å². The fraction of sp³-hybridized carbons (Fsp3) is 0.188. The summed E-state index contributed by atoms with van der Waals surface area (Å²) in [6, 6.07) is 10.6. The minimum Gasteiger partial charge on any atom is -0.383 e. The number of hydrogen-bond acceptors (Lipinski definition) is 4. The summed E-state index contributed by atoms with van der Waals surface area (Å²) in [5.41, 5.74) is 0.942. The molecule has 0 aliphatic rings. The standard InChI is InChI=1S/C16H17Cl2N3O3S2/c1-24-7-6-19-16(25)20-13-2-4-15(5-3-13)26(22,23)21-14-9-11(17)8-12(18)10-14/h2-5,8-10,21H,6-7H2,1H3,(H2,19,20,25). The van der Waals surface area contributed by atoms with Gasteiger partial charge in [0.25, 0.3) is 10.0 Å². The van der Waals surface area contributed by atoms with Crippen LogP contribution in [0.25, 0.3) is 0 Å². The number of sulfonamides is 1. The Morgan fingerprint density at radius 2 is 1.69 bits per heavy atom. The molecule has 0 unspecified atom stereocenters. The van der Waals surface area contributed by atoms with Gasteiger partial charge in [-0.15, -0.1) is 0 Å². The van der Waals surface area contributed by atoms with Crippen molar-refractivity contribution in [2.45, 2.75) is 4.90 Å². The molecule has 0 fully saturated rings. The first-order chi connectivity index (χ1) is 12.3. The third-order valence-corrected chi connectivity index (χ3v) is 5.21. The molecule has 2 aromatic carbocycles. The van der Waals surface area contributed by atoms with Crippen molar-refractivity contribution in [3.8, 4) is 0 Å². The molecular formula is C16H17Cl2N3O3S2. The van der Waals surface area contributed by atoms with E-state index in [4.69, 9.17) is 40.2 Å². The largest absolute Gasteiger partial charge is 0.383 e. The molecule has 3 N–H and O–H groups in total. The first kappa shape index (κ1) is 20.7. The van der Waals surface area contributed by atoms with Gasteiger partial charge in [0.2, 0.25) is 0 Å². The highest BCUT2D eigenvalue weighted by molar-refractivity contribution is 7.92. The van der Waals surface area contributed by atoms with Crippen LogP contribution >= 0.6 is 35.4 Å². The second kappa shape index (κ2) is 9.38. The van der Waals surface area contributed by atoms with Crippen LogP contribution in [0, 0.1) is 0 Å². The second-order valence-electron chi connectivity index (χ2n) is 5.16. The molecule has 0 atom stereocenters. The summed E-state index contributed by atoms with van der Waals surface area (Å²) in [4.78, 5) is 0.0948. The van der Waals surface area contributed by atoms with Gasteiger partial charge in [-0.1, -0.05) is 23.2 Å². The Morgan fingerprint density at radius 3 is 2.27 bits per heavy atom. The van der Waals surface area contributed by atoms with E-state index in [-0.39, 0.29) is 10.6 Å². The van der Waals surface area contributed by atoms with Crippen molar-refractivity contribution in [3.63, 3.8) is 0 Å². The van der Waals surface area contributed by atoms with Gasteiger partial charge in [0.05, 0.1) is 17.2 Å². The molecule has 26 heavy (non-hydrogen) atoms. The van der Waals surface area contributed by atoms with E-state index in [0.29, 0.717) is 34.0 Å². The molecule has 0 radical (unpaired) electrons. The number of thiocarbonyl (C=S) groups is 1. The average Bonchev–Trinajstić information content (AvgIpc) is 2.54. The van der Waals surface area contributed by atoms with E-state index in [0.717, 1.165) is 0 Å². The Hall–Kier alpha value is -1.58. The van der Waals surface area contributed by atoms with Crippen molar-refractivity contribution in [1.82, 2.24) is 5.32 Å². The summed E-state index contributed by atoms with van der Waals surface area (Å²) in [5.74, 6) is 0. The molecule has 6 nitrogen and oxygen atoms in total. The molecular weight excluding hydrogens is 417 g/mol. The maximum absolute atomic E-state index is 12.5. The van der Waals surface area contributed by atoms with Gasteiger partial charge in [-0.25, -0.2) is 8.42 Å². The van der Waals surface area contributed by atoms with E-state index in [1.165, 1.54) is 30.3 Å². The Bertz CT molecular complexity index is 855. The quantitative estimate of drug-likeness (QED) is 0.455. The lowest BCUT2D eigenvalue weighted by Crippen LogP contribution is -2.31. The van der Waals surface area contributed by atoms with E-state index in [1.807, 2.05) is 0 Å². The van der Waals surface area contributed by atoms with Gasteiger partial charge in [0.1, 0.15) is 0 Å². The van der Waals surface area contributed by atoms with Crippen LogP contribution in [-0.2, 0) is 14.8 Å². The molecule has 0 saturated heterocycles. The van der Waals surface area contributed by atoms with Crippen molar-refractivity contribution >= 4 is 61.9 Å². The normalized spacial score (nSPS) is 11.0. The van der Waals surface area contributed by atoms with E-state index in [1.54, 1.807) is 19.2 Å². The van der Waals surface area contributed by atoms with Crippen molar-refractivity contribution in [3.05, 3.63) is 52.5 Å². The minimum atomic E-state index is -3.77. The SMILES string of the molecule is COCCNC(=S)Nc1ccc(S(=O)(=O)Nc2cc(Cl)cc(Cl)c2)cc1. The molecule has 0 bridgehead atoms. The fourth-order valence-electron chi connectivity index (χ4n) is 1.99. The van der Waals surface area contributed by atoms with Crippen LogP contribution in [0.3, 0.4) is 0 Å². The van der Waals surface area contributed by atoms with Crippen LogP contribution in [0.4, 0.5) is 11.4 Å². The predicted octanol–water partition coefficient (Wildman–Crippen LogP) is 3.73. The monoisotopic (exact) mass is 433 g/mol. The average molecular weight is 434 g/mol. The predicted molar refractivity (Wildman–Crippen MR) is 110 cm³/mol. The number of hydrogen-bond donors (Lipinski definition) is 3. The number of anilines is 2. The summed E-state index contributed by atoms with van der Waals surface area (Å²) < 4.78 is 32.3. The zero-order chi connectivity index (χ0) is 19.2. The summed E-state index contributed by atoms with van der Waals surface area (Å²) in [5, 5.41) is 7.01. The van der Waals surface area contributed by atoms with Crippen molar-refractivity contribution in [2.24, 2.45) is 0 Å². The van der Waals surface area contributed by atoms with Gasteiger partial charge in [-0.3, -0.25) is 4.72 Å². The lowest BCUT2D eigenvalue weighted by Gasteiger charge is -2.12. The lowest BCUT2D eigenvalue weighted by molar-refractivity contribution is 0.204. The van der Waals surface area contributed by atoms with Crippen LogP contribution in [0.5, 0.6) is 0 Å². The highest BCUT2D eigenvalue weighted by Gasteiger charge is 2.15. The molecule has 0 heterocycles. The third-order valence-electron chi connectivity index (χ3n) is 3.13. The first-order valence-electron chi connectivity index (χ1n) is 7.43. The summed E-state index contributed by atoms with van der Waals surface area (Å²) in [6.07, 6.45) is 0. The van der Waals surface area contributed by atoms with Crippen LogP contribution < -0.4 is 15.4 Å². The van der Waals surface area contributed by atoms with Gasteiger partial charge < -0.3 is 15.4 Å². The van der Waals surface area contributed by atoms with Gasteiger partial charge in [-0.2, -0.15) is 0 Å². The Labute approximate surface area is 167 Å². The van der Waals surface area contributed by atoms with Crippen LogP contribution in [-0.4, -0.2) is 33.8 Å². The number of halogens is 2. The molecule has 10 heteroatoms. The van der Waals surface area contributed by atoms with Gasteiger partial charge in [0, 0.05) is 29.4 Å². The van der Waals surface area contributed by atoms with Crippen molar-refractivity contribution < 1.29 is 13.2 Å². The van der Waals surface area contributed by atoms with E-state index < -0.39 is 10.0 Å². The Kier molecular flexibility index (Phi) is 7.48. The van der Waals surface area contributed by atoms with Crippen molar-refractivity contribution in [1.29, 1.82) is 0 Å². The molecule has 140 valence electrons. The maximum atomic E-state index is 12.5. The zero-order valence-electron chi connectivity index (χ0n) is 13.8. The molecule has 2 rings (SSSR count). The molecule has 2 aromatic rings. The lowest BCUT2D eigenvalue weighted by atomic mass is 10.3. The molecule has 0 amide bonds. The highest BCUT2D eigenvalue weighted by atomic mass is 35.5. The van der Waals surface area contributed by atoms with Crippen LogP contribution in [0.1, 0.15) is 0 Å². The first-order valence-corrected chi connectivity index (χ1v) is 10.1. The third kappa shape index (κ3) is 6.30. The van der Waals surface area contributed by atoms with Crippen molar-refractivity contribution in [2.75, 3.05) is 30.3 Å². The fourth-order valence-corrected chi connectivity index (χ4v) is 3.77. The summed E-state index contributed by atoms with van der Waals surface area (Å²) >= 11 is 16.9. The number of methoxy groups -OCH3 is 1. The number of ether oxygens (including phenoxy) is 1. The topological polar surface area (TPSA) is 79.5 Å². The smallest absolute Gasteiger partial charge is 0.261 e. The number of benzene rings is 2. The minimum absolute atomic E-state index is 0.0948. The van der Waals surface area contributed by atoms with Gasteiger partial charge in [0.15, 0.2) is 5.11 Å². The summed E-state index contributed by atoms with van der Waals surface area (Å²) in [6.45, 7) is 1.10. The summed E-state index contributed by atoms with van der Waals surface area (Å²) in [7, 11) is -2.17. The molecule has 0 aromatic heterocycles. The maximum Gasteiger partial charge on any atom is 0.261 e.